The van der Waals surface area contributed by atoms with E-state index in [-0.39, 0.29) is 11.8 Å². The molecule has 1 aromatic heterocycles. The van der Waals surface area contributed by atoms with Crippen LogP contribution in [-0.4, -0.2) is 16.4 Å². The molecule has 1 aliphatic heterocycles. The average molecular weight is 619 g/mol. The Morgan fingerprint density at radius 1 is 0.625 bits per heavy atom. The first-order chi connectivity index (χ1) is 23.4. The van der Waals surface area contributed by atoms with E-state index in [0.717, 1.165) is 55.2 Å². The lowest BCUT2D eigenvalue weighted by Gasteiger charge is -2.15. The predicted octanol–water partition coefficient (Wildman–Crippen LogP) is 9.96. The summed E-state index contributed by atoms with van der Waals surface area (Å²) < 4.78 is 2.10. The number of fused-ring (bicyclic) bond motifs is 4. The van der Waals surface area contributed by atoms with Crippen LogP contribution in [0, 0.1) is 31.8 Å². The van der Waals surface area contributed by atoms with Crippen LogP contribution < -0.4 is 4.90 Å². The highest BCUT2D eigenvalue weighted by Gasteiger charge is 2.39. The fourth-order valence-corrected chi connectivity index (χ4v) is 7.14. The Balaban J connectivity index is 1.49. The molecule has 8 rings (SSSR count). The van der Waals surface area contributed by atoms with Gasteiger partial charge in [0.1, 0.15) is 0 Å². The van der Waals surface area contributed by atoms with Gasteiger partial charge in [-0.15, -0.1) is 0 Å². The molecule has 0 saturated heterocycles. The van der Waals surface area contributed by atoms with Crippen molar-refractivity contribution in [2.75, 3.05) is 4.90 Å². The highest BCUT2D eigenvalue weighted by atomic mass is 16.2. The number of benzene rings is 6. The molecule has 7 aromatic rings. The maximum absolute atomic E-state index is 14.2. The van der Waals surface area contributed by atoms with E-state index in [0.29, 0.717) is 33.8 Å². The summed E-state index contributed by atoms with van der Waals surface area (Å²) in [6.45, 7) is 11.6. The van der Waals surface area contributed by atoms with Crippen molar-refractivity contribution < 1.29 is 9.59 Å². The molecule has 6 aromatic carbocycles. The van der Waals surface area contributed by atoms with Crippen LogP contribution in [0.15, 0.2) is 121 Å². The number of aryl methyl sites for hydroxylation is 2. The van der Waals surface area contributed by atoms with Crippen LogP contribution in [0.4, 0.5) is 11.4 Å². The summed E-state index contributed by atoms with van der Waals surface area (Å²) in [6.07, 6.45) is 0. The van der Waals surface area contributed by atoms with Crippen molar-refractivity contribution in [3.8, 4) is 34.0 Å². The van der Waals surface area contributed by atoms with Crippen LogP contribution in [0.25, 0.3) is 54.6 Å². The fraction of sp³-hybridized carbons (Fsp3) is 0.0476. The molecule has 0 aliphatic carbocycles. The monoisotopic (exact) mass is 618 g/mol. The van der Waals surface area contributed by atoms with Gasteiger partial charge in [-0.2, -0.15) is 5.26 Å². The number of rotatable bonds is 4. The van der Waals surface area contributed by atoms with Gasteiger partial charge in [-0.3, -0.25) is 9.59 Å². The van der Waals surface area contributed by atoms with Crippen molar-refractivity contribution in [1.82, 2.24) is 4.57 Å². The van der Waals surface area contributed by atoms with Gasteiger partial charge >= 0.3 is 0 Å². The van der Waals surface area contributed by atoms with Gasteiger partial charge in [-0.1, -0.05) is 78.4 Å². The van der Waals surface area contributed by atoms with Crippen LogP contribution in [0.5, 0.6) is 0 Å². The number of carbonyl (C=O) groups excluding carboxylic acids is 2. The fourth-order valence-electron chi connectivity index (χ4n) is 7.14. The number of hydrogen-bond acceptors (Lipinski definition) is 3. The van der Waals surface area contributed by atoms with E-state index in [1.807, 2.05) is 105 Å². The number of imide groups is 1. The topological polar surface area (TPSA) is 70.5 Å². The summed E-state index contributed by atoms with van der Waals surface area (Å²) in [5.74, 6) is -0.721. The van der Waals surface area contributed by atoms with E-state index < -0.39 is 0 Å². The quantitative estimate of drug-likeness (QED) is 0.146. The molecule has 0 saturated carbocycles. The van der Waals surface area contributed by atoms with Crippen molar-refractivity contribution in [2.24, 2.45) is 0 Å². The molecule has 48 heavy (non-hydrogen) atoms. The molecule has 226 valence electrons. The molecule has 0 atom stereocenters. The predicted molar refractivity (Wildman–Crippen MR) is 190 cm³/mol. The third-order valence-electron chi connectivity index (χ3n) is 9.24. The molecule has 0 spiro atoms. The van der Waals surface area contributed by atoms with Gasteiger partial charge in [0.25, 0.3) is 11.8 Å². The van der Waals surface area contributed by atoms with Crippen LogP contribution in [-0.2, 0) is 0 Å². The van der Waals surface area contributed by atoms with E-state index in [2.05, 4.69) is 27.6 Å². The summed E-state index contributed by atoms with van der Waals surface area (Å²) >= 11 is 0. The minimum absolute atomic E-state index is 0.353. The number of amides is 2. The summed E-state index contributed by atoms with van der Waals surface area (Å²) in [4.78, 5) is 32.9. The minimum Gasteiger partial charge on any atom is -0.308 e. The highest BCUT2D eigenvalue weighted by molar-refractivity contribution is 6.36. The van der Waals surface area contributed by atoms with Crippen molar-refractivity contribution in [3.05, 3.63) is 161 Å². The molecule has 0 bridgehead atoms. The number of aromatic nitrogens is 1. The Labute approximate surface area is 277 Å². The van der Waals surface area contributed by atoms with Gasteiger partial charge in [0.2, 0.25) is 0 Å². The zero-order valence-corrected chi connectivity index (χ0v) is 26.2. The minimum atomic E-state index is -0.368. The molecular formula is C42H26N4O2. The third-order valence-corrected chi connectivity index (χ3v) is 9.24. The number of para-hydroxylation sites is 1. The molecule has 1 aliphatic rings. The first-order valence-electron chi connectivity index (χ1n) is 15.5. The summed E-state index contributed by atoms with van der Waals surface area (Å²) in [5, 5.41) is 11.5. The largest absolute Gasteiger partial charge is 0.308 e. The van der Waals surface area contributed by atoms with E-state index in [1.54, 1.807) is 18.2 Å². The average Bonchev–Trinajstić information content (AvgIpc) is 3.59. The molecule has 0 unspecified atom stereocenters. The molecule has 0 fully saturated rings. The molecule has 6 heteroatoms. The lowest BCUT2D eigenvalue weighted by atomic mass is 9.91. The Morgan fingerprint density at radius 2 is 1.23 bits per heavy atom. The standard InChI is InChI=1S/C42H26N4O2/c1-25-22-27(24-43)18-20-30(25)32-12-7-15-35-38(32)39-33(31-21-19-28(44-3)23-26(31)2)13-8-16-36(39)46(35)37-17-9-14-34-40(37)42(48)45(41(34)47)29-10-5-4-6-11-29/h4-23H,1-2H3. The molecule has 0 N–H and O–H groups in total. The SMILES string of the molecule is [C-]#[N+]c1ccc(-c2cccc3c2c2c(-c4ccc(C#N)cc4C)cccc2n3-c2cccc3c2C(=O)N(c2ccccc2)C3=O)c(C)c1. The van der Waals surface area contributed by atoms with Gasteiger partial charge in [-0.05, 0) is 90.2 Å². The van der Waals surface area contributed by atoms with Crippen LogP contribution in [0.2, 0.25) is 0 Å². The van der Waals surface area contributed by atoms with E-state index >= 15 is 0 Å². The van der Waals surface area contributed by atoms with Crippen LogP contribution in [0.1, 0.15) is 37.4 Å². The Bertz CT molecular complexity index is 2480. The Morgan fingerprint density at radius 3 is 1.83 bits per heavy atom. The van der Waals surface area contributed by atoms with E-state index in [1.165, 1.54) is 4.90 Å². The lowest BCUT2D eigenvalue weighted by Crippen LogP contribution is -2.29. The van der Waals surface area contributed by atoms with E-state index in [4.69, 9.17) is 6.57 Å². The second-order valence-electron chi connectivity index (χ2n) is 12.0. The normalized spacial score (nSPS) is 12.4. The number of nitriles is 1. The second kappa shape index (κ2) is 10.9. The van der Waals surface area contributed by atoms with Gasteiger partial charge in [0.05, 0.1) is 51.7 Å². The first-order valence-corrected chi connectivity index (χ1v) is 15.5. The molecule has 6 nitrogen and oxygen atoms in total. The summed E-state index contributed by atoms with van der Waals surface area (Å²) in [7, 11) is 0. The van der Waals surface area contributed by atoms with Gasteiger partial charge in [0, 0.05) is 10.8 Å². The highest BCUT2D eigenvalue weighted by Crippen LogP contribution is 2.45. The Hall–Kier alpha value is -6.76. The third kappa shape index (κ3) is 4.17. The summed E-state index contributed by atoms with van der Waals surface area (Å²) in [6, 6.07) is 40.5. The molecule has 0 radical (unpaired) electrons. The van der Waals surface area contributed by atoms with Crippen LogP contribution in [0.3, 0.4) is 0 Å². The van der Waals surface area contributed by atoms with Crippen molar-refractivity contribution in [1.29, 1.82) is 5.26 Å². The van der Waals surface area contributed by atoms with Crippen LogP contribution >= 0.6 is 0 Å². The van der Waals surface area contributed by atoms with Gasteiger partial charge < -0.3 is 4.57 Å². The van der Waals surface area contributed by atoms with Gasteiger partial charge in [0.15, 0.2) is 5.69 Å². The zero-order chi connectivity index (χ0) is 33.1. The van der Waals surface area contributed by atoms with Crippen molar-refractivity contribution in [3.63, 3.8) is 0 Å². The maximum atomic E-state index is 14.2. The van der Waals surface area contributed by atoms with Crippen molar-refractivity contribution >= 4 is 45.0 Å². The Kier molecular flexibility index (Phi) is 6.54. The number of nitrogens with zero attached hydrogens (tertiary/aromatic N) is 4. The second-order valence-corrected chi connectivity index (χ2v) is 12.0. The van der Waals surface area contributed by atoms with E-state index in [9.17, 15) is 14.9 Å². The summed E-state index contributed by atoms with van der Waals surface area (Å²) in [5.41, 5.74) is 10.7. The lowest BCUT2D eigenvalue weighted by molar-refractivity contribution is 0.0926. The first kappa shape index (κ1) is 28.7. The smallest absolute Gasteiger partial charge is 0.268 e. The number of carbonyl (C=O) groups is 2. The molecule has 2 heterocycles. The zero-order valence-electron chi connectivity index (χ0n) is 26.2. The molecular weight excluding hydrogens is 592 g/mol. The molecule has 2 amide bonds. The van der Waals surface area contributed by atoms with Crippen molar-refractivity contribution in [2.45, 2.75) is 13.8 Å². The van der Waals surface area contributed by atoms with Gasteiger partial charge in [-0.25, -0.2) is 9.74 Å². The number of anilines is 1. The number of hydrogen-bond donors (Lipinski definition) is 0. The maximum Gasteiger partial charge on any atom is 0.268 e.